The molecule has 2 aliphatic rings. The lowest BCUT2D eigenvalue weighted by Gasteiger charge is -2.18. The van der Waals surface area contributed by atoms with Crippen molar-refractivity contribution in [2.75, 3.05) is 13.2 Å². The molecule has 0 radical (unpaired) electrons. The third-order valence-corrected chi connectivity index (χ3v) is 5.45. The Hall–Kier alpha value is -2.18. The second kappa shape index (κ2) is 8.23. The second-order valence-electron chi connectivity index (χ2n) is 6.94. The van der Waals surface area contributed by atoms with Gasteiger partial charge in [0.05, 0.1) is 11.6 Å². The van der Waals surface area contributed by atoms with Crippen LogP contribution in [0.5, 0.6) is 5.75 Å². The summed E-state index contributed by atoms with van der Waals surface area (Å²) in [5.41, 5.74) is 13.5. The van der Waals surface area contributed by atoms with Crippen LogP contribution in [-0.4, -0.2) is 24.5 Å². The summed E-state index contributed by atoms with van der Waals surface area (Å²) in [4.78, 5) is 13.4. The van der Waals surface area contributed by atoms with Crippen LogP contribution in [0.2, 0.25) is 5.02 Å². The average Bonchev–Trinajstić information content (AvgIpc) is 3.42. The van der Waals surface area contributed by atoms with E-state index >= 15 is 0 Å². The summed E-state index contributed by atoms with van der Waals surface area (Å²) >= 11 is 6.21. The highest BCUT2D eigenvalue weighted by atomic mass is 35.5. The first kappa shape index (κ1) is 19.6. The van der Waals surface area contributed by atoms with Gasteiger partial charge in [0, 0.05) is 35.2 Å². The summed E-state index contributed by atoms with van der Waals surface area (Å²) < 4.78 is 19.8. The number of nitrogens with zero attached hydrogens (tertiary/aromatic N) is 1. The van der Waals surface area contributed by atoms with Crippen molar-refractivity contribution in [2.45, 2.75) is 31.6 Å². The third-order valence-electron chi connectivity index (χ3n) is 5.06. The van der Waals surface area contributed by atoms with Gasteiger partial charge in [0.2, 0.25) is 6.41 Å². The lowest BCUT2D eigenvalue weighted by molar-refractivity contribution is -0.106. The molecule has 2 atom stereocenters. The number of carbonyl (C=O) groups is 1. The zero-order valence-corrected chi connectivity index (χ0v) is 15.9. The molecule has 27 heavy (non-hydrogen) atoms. The van der Waals surface area contributed by atoms with E-state index in [1.54, 1.807) is 12.1 Å². The summed E-state index contributed by atoms with van der Waals surface area (Å²) in [5, 5.41) is 0.0863. The number of pyridine rings is 1. The van der Waals surface area contributed by atoms with E-state index in [1.807, 2.05) is 0 Å². The van der Waals surface area contributed by atoms with E-state index in [4.69, 9.17) is 31.8 Å². The average molecular weight is 392 g/mol. The van der Waals surface area contributed by atoms with Gasteiger partial charge in [0.15, 0.2) is 0 Å². The van der Waals surface area contributed by atoms with Gasteiger partial charge < -0.3 is 16.2 Å². The smallest absolute Gasteiger partial charge is 0.204 e. The zero-order valence-electron chi connectivity index (χ0n) is 15.1. The first-order valence-corrected chi connectivity index (χ1v) is 9.37. The molecule has 4 rings (SSSR count). The Labute approximate surface area is 162 Å². The van der Waals surface area contributed by atoms with E-state index in [2.05, 4.69) is 18.7 Å². The lowest BCUT2D eigenvalue weighted by Crippen LogP contribution is -2.16. The lowest BCUT2D eigenvalue weighted by atomic mass is 9.93. The molecule has 7 heteroatoms. The van der Waals surface area contributed by atoms with Crippen molar-refractivity contribution in [2.24, 2.45) is 17.4 Å². The van der Waals surface area contributed by atoms with Crippen molar-refractivity contribution < 1.29 is 13.9 Å². The van der Waals surface area contributed by atoms with E-state index in [0.29, 0.717) is 30.3 Å². The number of ether oxygens (including phenoxy) is 1. The molecule has 2 unspecified atom stereocenters. The fourth-order valence-corrected chi connectivity index (χ4v) is 3.72. The van der Waals surface area contributed by atoms with Gasteiger partial charge in [-0.05, 0) is 30.9 Å². The van der Waals surface area contributed by atoms with Gasteiger partial charge in [-0.2, -0.15) is 0 Å². The maximum absolute atomic E-state index is 13.9. The number of halogens is 2. The minimum atomic E-state index is -0.446. The fraction of sp³-hybridized carbons (Fsp3) is 0.400. The number of benzene rings is 1. The molecule has 5 nitrogen and oxygen atoms in total. The Morgan fingerprint density at radius 2 is 2.15 bits per heavy atom. The molecule has 1 aliphatic heterocycles. The van der Waals surface area contributed by atoms with E-state index in [9.17, 15) is 4.39 Å². The molecular weight excluding hydrogens is 369 g/mol. The topological polar surface area (TPSA) is 91.2 Å². The molecule has 2 heterocycles. The van der Waals surface area contributed by atoms with Gasteiger partial charge in [-0.3, -0.25) is 4.79 Å². The first-order valence-electron chi connectivity index (χ1n) is 8.99. The Balaban J connectivity index is 0.000000659. The number of hydrogen-bond donors (Lipinski definition) is 2. The minimum absolute atomic E-state index is 0.0863. The number of hydrogen-bond acceptors (Lipinski definition) is 4. The zero-order chi connectivity index (χ0) is 19.6. The van der Waals surface area contributed by atoms with Crippen molar-refractivity contribution in [3.05, 3.63) is 46.4 Å². The maximum Gasteiger partial charge on any atom is 0.204 e. The highest BCUT2D eigenvalue weighted by molar-refractivity contribution is 6.33. The van der Waals surface area contributed by atoms with Gasteiger partial charge in [0.1, 0.15) is 17.3 Å². The molecule has 0 spiro atoms. The highest BCUT2D eigenvalue weighted by Gasteiger charge is 2.35. The molecule has 1 fully saturated rings. The van der Waals surface area contributed by atoms with Crippen molar-refractivity contribution in [3.63, 3.8) is 0 Å². The number of aromatic nitrogens is 1. The van der Waals surface area contributed by atoms with Crippen LogP contribution in [0.4, 0.5) is 4.39 Å². The Morgan fingerprint density at radius 3 is 2.78 bits per heavy atom. The van der Waals surface area contributed by atoms with Crippen molar-refractivity contribution >= 4 is 18.0 Å². The molecule has 144 valence electrons. The minimum Gasteiger partial charge on any atom is -0.490 e. The Morgan fingerprint density at radius 1 is 1.44 bits per heavy atom. The number of fused-ring (bicyclic) bond motifs is 1. The molecular formula is C20H23ClFN3O2. The number of amides is 1. The van der Waals surface area contributed by atoms with Crippen LogP contribution in [0.3, 0.4) is 0 Å². The van der Waals surface area contributed by atoms with E-state index in [-0.39, 0.29) is 23.3 Å². The molecule has 1 saturated carbocycles. The van der Waals surface area contributed by atoms with Crippen LogP contribution >= 0.6 is 11.6 Å². The van der Waals surface area contributed by atoms with Crippen LogP contribution in [0.25, 0.3) is 11.3 Å². The van der Waals surface area contributed by atoms with Gasteiger partial charge in [0.25, 0.3) is 0 Å². The predicted octanol–water partition coefficient (Wildman–Crippen LogP) is 3.59. The largest absolute Gasteiger partial charge is 0.490 e. The molecule has 0 saturated heterocycles. The quantitative estimate of drug-likeness (QED) is 0.779. The number of primary amides is 1. The predicted molar refractivity (Wildman–Crippen MR) is 103 cm³/mol. The van der Waals surface area contributed by atoms with E-state index in [1.165, 1.54) is 18.9 Å². The summed E-state index contributed by atoms with van der Waals surface area (Å²) in [6.07, 6.45) is 2.64. The van der Waals surface area contributed by atoms with E-state index < -0.39 is 5.82 Å². The van der Waals surface area contributed by atoms with E-state index in [0.717, 1.165) is 17.0 Å². The summed E-state index contributed by atoms with van der Waals surface area (Å²) in [7, 11) is 0. The molecule has 0 bridgehead atoms. The van der Waals surface area contributed by atoms with Gasteiger partial charge in [-0.25, -0.2) is 9.37 Å². The van der Waals surface area contributed by atoms with Crippen LogP contribution in [0.15, 0.2) is 24.3 Å². The van der Waals surface area contributed by atoms with Crippen molar-refractivity contribution in [1.82, 2.24) is 4.98 Å². The summed E-state index contributed by atoms with van der Waals surface area (Å²) in [6.45, 7) is 3.31. The first-order chi connectivity index (χ1) is 13.0. The van der Waals surface area contributed by atoms with Crippen LogP contribution in [0.1, 0.15) is 42.9 Å². The molecule has 1 amide bonds. The molecule has 1 aliphatic carbocycles. The molecule has 4 N–H and O–H groups in total. The van der Waals surface area contributed by atoms with Gasteiger partial charge in [-0.1, -0.05) is 30.7 Å². The number of carbonyl (C=O) groups excluding carboxylic acids is 1. The van der Waals surface area contributed by atoms with Crippen LogP contribution in [-0.2, 0) is 4.79 Å². The van der Waals surface area contributed by atoms with Crippen LogP contribution in [0, 0.1) is 11.7 Å². The maximum atomic E-state index is 13.9. The van der Waals surface area contributed by atoms with Gasteiger partial charge >= 0.3 is 0 Å². The van der Waals surface area contributed by atoms with Crippen molar-refractivity contribution in [1.29, 1.82) is 0 Å². The summed E-state index contributed by atoms with van der Waals surface area (Å²) in [5.74, 6) is 1.41. The molecule has 1 aromatic heterocycles. The number of nitrogens with two attached hydrogens (primary N) is 2. The van der Waals surface area contributed by atoms with Crippen LogP contribution < -0.4 is 16.2 Å². The standard InChI is InChI=1S/C19H20ClFN2O.CH3NO/c1-10-9-24-19-13(10)7-16(14(8-22)11-5-6-11)23-18(19)12-3-2-4-15(21)17(12)20;2-1-3/h2-4,7,10-11,14H,5-6,8-9,22H2,1H3;1H,(H2,2,3). The molecule has 2 aromatic rings. The number of rotatable bonds is 4. The Kier molecular flexibility index (Phi) is 5.97. The fourth-order valence-electron chi connectivity index (χ4n) is 3.50. The Bertz CT molecular complexity index is 842. The normalized spacial score (nSPS) is 18.7. The highest BCUT2D eigenvalue weighted by Crippen LogP contribution is 2.47. The third kappa shape index (κ3) is 3.92. The SMILES string of the molecule is CC1COc2c1cc(C(CN)C1CC1)nc2-c1cccc(F)c1Cl.NC=O. The molecule has 1 aromatic carbocycles. The van der Waals surface area contributed by atoms with Crippen molar-refractivity contribution in [3.8, 4) is 17.0 Å². The summed E-state index contributed by atoms with van der Waals surface area (Å²) in [6, 6.07) is 6.92. The second-order valence-corrected chi connectivity index (χ2v) is 7.32. The monoisotopic (exact) mass is 391 g/mol. The van der Waals surface area contributed by atoms with Gasteiger partial charge in [-0.15, -0.1) is 0 Å².